The minimum absolute atomic E-state index is 0.0906. The van der Waals surface area contributed by atoms with Crippen molar-refractivity contribution in [2.45, 2.75) is 39.5 Å². The fourth-order valence-corrected chi connectivity index (χ4v) is 4.43. The maximum atomic E-state index is 12.7. The number of carbonyl (C=O) groups is 2. The Morgan fingerprint density at radius 1 is 0.900 bits per heavy atom. The van der Waals surface area contributed by atoms with Crippen LogP contribution < -0.4 is 10.2 Å². The summed E-state index contributed by atoms with van der Waals surface area (Å²) in [5.41, 5.74) is 6.52. The van der Waals surface area contributed by atoms with E-state index in [1.165, 1.54) is 5.56 Å². The zero-order valence-corrected chi connectivity index (χ0v) is 23.6. The molecule has 206 valence electrons. The SMILES string of the molecule is COCCCC(=O)c1cc(Nc2nccc(N(C)c3ccc(CC(=O)Cc4ccc(C)cc4)cc3)n2)ccc1C. The lowest BCUT2D eigenvalue weighted by molar-refractivity contribution is -0.117. The Balaban J connectivity index is 1.39. The van der Waals surface area contributed by atoms with Gasteiger partial charge in [-0.25, -0.2) is 4.98 Å². The normalized spacial score (nSPS) is 10.8. The number of carbonyl (C=O) groups excluding carboxylic acids is 2. The summed E-state index contributed by atoms with van der Waals surface area (Å²) < 4.78 is 5.07. The van der Waals surface area contributed by atoms with Crippen molar-refractivity contribution >= 4 is 34.7 Å². The van der Waals surface area contributed by atoms with Gasteiger partial charge in [-0.15, -0.1) is 0 Å². The molecule has 0 spiro atoms. The lowest BCUT2D eigenvalue weighted by Crippen LogP contribution is -2.13. The molecule has 0 saturated heterocycles. The first kappa shape index (κ1) is 28.6. The van der Waals surface area contributed by atoms with Crippen molar-refractivity contribution in [3.05, 3.63) is 107 Å². The molecule has 0 aliphatic rings. The molecule has 0 aliphatic carbocycles. The Morgan fingerprint density at radius 3 is 2.25 bits per heavy atom. The number of aryl methyl sites for hydroxylation is 2. The molecule has 0 amide bonds. The number of nitrogens with zero attached hydrogens (tertiary/aromatic N) is 3. The van der Waals surface area contributed by atoms with E-state index >= 15 is 0 Å². The Bertz CT molecular complexity index is 1450. The van der Waals surface area contributed by atoms with E-state index in [0.29, 0.717) is 49.6 Å². The highest BCUT2D eigenvalue weighted by atomic mass is 16.5. The first-order valence-electron chi connectivity index (χ1n) is 13.4. The molecule has 1 aromatic heterocycles. The van der Waals surface area contributed by atoms with Gasteiger partial charge in [-0.1, -0.05) is 48.0 Å². The number of rotatable bonds is 13. The molecular formula is C33H36N4O3. The van der Waals surface area contributed by atoms with E-state index in [1.54, 1.807) is 13.3 Å². The molecule has 0 aliphatic heterocycles. The van der Waals surface area contributed by atoms with Crippen molar-refractivity contribution < 1.29 is 14.3 Å². The highest BCUT2D eigenvalue weighted by molar-refractivity contribution is 5.98. The van der Waals surface area contributed by atoms with Crippen molar-refractivity contribution in [1.29, 1.82) is 0 Å². The largest absolute Gasteiger partial charge is 0.385 e. The summed E-state index contributed by atoms with van der Waals surface area (Å²) in [6.07, 6.45) is 3.66. The summed E-state index contributed by atoms with van der Waals surface area (Å²) in [6.45, 7) is 4.54. The number of nitrogens with one attached hydrogen (secondary N) is 1. The number of benzene rings is 3. The molecule has 7 nitrogen and oxygen atoms in total. The van der Waals surface area contributed by atoms with Crippen molar-refractivity contribution in [3.8, 4) is 0 Å². The second-order valence-corrected chi connectivity index (χ2v) is 10.0. The lowest BCUT2D eigenvalue weighted by atomic mass is 10.0. The zero-order valence-electron chi connectivity index (χ0n) is 23.6. The lowest BCUT2D eigenvalue weighted by Gasteiger charge is -2.19. The molecule has 7 heteroatoms. The third kappa shape index (κ3) is 7.83. The average Bonchev–Trinajstić information content (AvgIpc) is 2.95. The maximum Gasteiger partial charge on any atom is 0.229 e. The molecule has 0 bridgehead atoms. The quantitative estimate of drug-likeness (QED) is 0.153. The molecule has 0 radical (unpaired) electrons. The van der Waals surface area contributed by atoms with Gasteiger partial charge in [0.1, 0.15) is 11.6 Å². The number of aromatic nitrogens is 2. The topological polar surface area (TPSA) is 84.4 Å². The summed E-state index contributed by atoms with van der Waals surface area (Å²) in [5, 5.41) is 3.23. The Kier molecular flexibility index (Phi) is 9.76. The van der Waals surface area contributed by atoms with E-state index in [2.05, 4.69) is 15.3 Å². The summed E-state index contributed by atoms with van der Waals surface area (Å²) in [6, 6.07) is 23.6. The van der Waals surface area contributed by atoms with Crippen LogP contribution in [-0.4, -0.2) is 42.3 Å². The summed E-state index contributed by atoms with van der Waals surface area (Å²) in [5.74, 6) is 1.42. The molecule has 0 unspecified atom stereocenters. The first-order chi connectivity index (χ1) is 19.3. The van der Waals surface area contributed by atoms with Gasteiger partial charge in [-0.2, -0.15) is 4.98 Å². The number of Topliss-reactive ketones (excluding diaryl/α,β-unsaturated/α-hetero) is 2. The molecule has 0 saturated carbocycles. The number of ketones is 2. The van der Waals surface area contributed by atoms with E-state index in [4.69, 9.17) is 4.74 Å². The molecule has 0 fully saturated rings. The predicted octanol–water partition coefficient (Wildman–Crippen LogP) is 6.57. The third-order valence-corrected chi connectivity index (χ3v) is 6.78. The molecular weight excluding hydrogens is 500 g/mol. The molecule has 1 heterocycles. The van der Waals surface area contributed by atoms with E-state index in [1.807, 2.05) is 98.6 Å². The Hall–Kier alpha value is -4.36. The molecule has 3 aromatic carbocycles. The van der Waals surface area contributed by atoms with Crippen LogP contribution in [0.5, 0.6) is 0 Å². The van der Waals surface area contributed by atoms with Crippen LogP contribution in [0.15, 0.2) is 79.0 Å². The van der Waals surface area contributed by atoms with Crippen LogP contribution in [0.1, 0.15) is 45.5 Å². The van der Waals surface area contributed by atoms with Crippen LogP contribution >= 0.6 is 0 Å². The first-order valence-corrected chi connectivity index (χ1v) is 13.4. The van der Waals surface area contributed by atoms with Gasteiger partial charge in [0.05, 0.1) is 0 Å². The van der Waals surface area contributed by atoms with E-state index in [-0.39, 0.29) is 11.6 Å². The van der Waals surface area contributed by atoms with Crippen LogP contribution in [0.3, 0.4) is 0 Å². The number of ether oxygens (including phenoxy) is 1. The molecule has 1 N–H and O–H groups in total. The van der Waals surface area contributed by atoms with Gasteiger partial charge < -0.3 is 15.0 Å². The number of methoxy groups -OCH3 is 1. The van der Waals surface area contributed by atoms with Gasteiger partial charge in [0.2, 0.25) is 5.95 Å². The fraction of sp³-hybridized carbons (Fsp3) is 0.273. The van der Waals surface area contributed by atoms with Crippen LogP contribution in [0.2, 0.25) is 0 Å². The average molecular weight is 537 g/mol. The van der Waals surface area contributed by atoms with Crippen molar-refractivity contribution in [2.75, 3.05) is 31.0 Å². The zero-order chi connectivity index (χ0) is 28.5. The van der Waals surface area contributed by atoms with Crippen molar-refractivity contribution in [3.63, 3.8) is 0 Å². The van der Waals surface area contributed by atoms with Crippen molar-refractivity contribution in [2.24, 2.45) is 0 Å². The highest BCUT2D eigenvalue weighted by Crippen LogP contribution is 2.25. The highest BCUT2D eigenvalue weighted by Gasteiger charge is 2.12. The van der Waals surface area contributed by atoms with E-state index in [9.17, 15) is 9.59 Å². The molecule has 0 atom stereocenters. The van der Waals surface area contributed by atoms with Crippen LogP contribution in [0.4, 0.5) is 23.1 Å². The monoisotopic (exact) mass is 536 g/mol. The van der Waals surface area contributed by atoms with Gasteiger partial charge >= 0.3 is 0 Å². The van der Waals surface area contributed by atoms with Crippen LogP contribution in [0, 0.1) is 13.8 Å². The summed E-state index contributed by atoms with van der Waals surface area (Å²) in [7, 11) is 3.57. The fourth-order valence-electron chi connectivity index (χ4n) is 4.43. The van der Waals surface area contributed by atoms with E-state index < -0.39 is 0 Å². The van der Waals surface area contributed by atoms with E-state index in [0.717, 1.165) is 28.1 Å². The Labute approximate surface area is 236 Å². The van der Waals surface area contributed by atoms with Gasteiger partial charge in [0.25, 0.3) is 0 Å². The molecule has 4 aromatic rings. The van der Waals surface area contributed by atoms with Crippen molar-refractivity contribution in [1.82, 2.24) is 9.97 Å². The number of hydrogen-bond acceptors (Lipinski definition) is 7. The van der Waals surface area contributed by atoms with Crippen LogP contribution in [0.25, 0.3) is 0 Å². The van der Waals surface area contributed by atoms with Crippen LogP contribution in [-0.2, 0) is 22.4 Å². The maximum absolute atomic E-state index is 12.7. The predicted molar refractivity (Wildman–Crippen MR) is 160 cm³/mol. The number of anilines is 4. The summed E-state index contributed by atoms with van der Waals surface area (Å²) in [4.78, 5) is 36.3. The van der Waals surface area contributed by atoms with Gasteiger partial charge in [-0.05, 0) is 67.3 Å². The second-order valence-electron chi connectivity index (χ2n) is 10.0. The minimum Gasteiger partial charge on any atom is -0.385 e. The number of hydrogen-bond donors (Lipinski definition) is 1. The molecule has 40 heavy (non-hydrogen) atoms. The minimum atomic E-state index is 0.0906. The third-order valence-electron chi connectivity index (χ3n) is 6.78. The standard InChI is InChI=1S/C33H36N4O3/c1-23-7-10-25(11-8-23)20-29(38)21-26-12-15-28(16-13-26)37(3)32-17-18-34-33(36-32)35-27-14-9-24(2)30(22-27)31(39)6-5-19-40-4/h7-18,22H,5-6,19-21H2,1-4H3,(H,34,35,36). The second kappa shape index (κ2) is 13.6. The molecule has 4 rings (SSSR count). The van der Waals surface area contributed by atoms with Gasteiger partial charge in [0, 0.05) is 63.2 Å². The van der Waals surface area contributed by atoms with Gasteiger partial charge in [-0.3, -0.25) is 9.59 Å². The summed E-state index contributed by atoms with van der Waals surface area (Å²) >= 11 is 0. The smallest absolute Gasteiger partial charge is 0.229 e. The Morgan fingerprint density at radius 2 is 1.57 bits per heavy atom. The van der Waals surface area contributed by atoms with Gasteiger partial charge in [0.15, 0.2) is 5.78 Å².